The van der Waals surface area contributed by atoms with E-state index in [1.54, 1.807) is 12.5 Å². The maximum Gasteiger partial charge on any atom is 0.0980 e. The highest BCUT2D eigenvalue weighted by Gasteiger charge is 2.10. The summed E-state index contributed by atoms with van der Waals surface area (Å²) in [6.07, 6.45) is 4.71. The summed E-state index contributed by atoms with van der Waals surface area (Å²) in [4.78, 5) is 3.93. The third-order valence-electron chi connectivity index (χ3n) is 2.21. The molecular weight excluding hydrogens is 256 g/mol. The average molecular weight is 267 g/mol. The number of aromatic nitrogens is 2. The lowest BCUT2D eigenvalue weighted by Crippen LogP contribution is -2.07. The topological polar surface area (TPSA) is 38.0 Å². The number of benzene rings is 1. The van der Waals surface area contributed by atoms with E-state index in [9.17, 15) is 5.11 Å². The van der Waals surface area contributed by atoms with E-state index in [0.29, 0.717) is 6.54 Å². The molecule has 0 saturated heterocycles. The number of hydrogen-bond donors (Lipinski definition) is 1. The van der Waals surface area contributed by atoms with Crippen molar-refractivity contribution >= 4 is 15.9 Å². The highest BCUT2D eigenvalue weighted by Crippen LogP contribution is 2.23. The summed E-state index contributed by atoms with van der Waals surface area (Å²) in [6.45, 7) is 0.516. The van der Waals surface area contributed by atoms with Crippen LogP contribution in [0.3, 0.4) is 0 Å². The Morgan fingerprint density at radius 2 is 2.20 bits per heavy atom. The third-order valence-corrected chi connectivity index (χ3v) is 2.93. The van der Waals surface area contributed by atoms with Crippen molar-refractivity contribution in [3.05, 3.63) is 53.0 Å². The van der Waals surface area contributed by atoms with Crippen molar-refractivity contribution in [1.29, 1.82) is 0 Å². The predicted octanol–water partition coefficient (Wildman–Crippen LogP) is 2.38. The maximum absolute atomic E-state index is 9.99. The standard InChI is InChI=1S/C11H11BrN2O/c12-10-4-2-1-3-9(10)11(15)7-14-6-5-13-8-14/h1-6,8,11,15H,7H2. The molecule has 1 unspecified atom stereocenters. The molecule has 1 atom stereocenters. The third kappa shape index (κ3) is 2.46. The molecule has 1 heterocycles. The molecule has 0 amide bonds. The molecule has 4 heteroatoms. The number of imidazole rings is 1. The van der Waals surface area contributed by atoms with E-state index in [4.69, 9.17) is 0 Å². The summed E-state index contributed by atoms with van der Waals surface area (Å²) in [5.74, 6) is 0. The summed E-state index contributed by atoms with van der Waals surface area (Å²) in [5, 5.41) is 9.99. The van der Waals surface area contributed by atoms with E-state index >= 15 is 0 Å². The van der Waals surface area contributed by atoms with Crippen LogP contribution >= 0.6 is 15.9 Å². The number of hydrogen-bond acceptors (Lipinski definition) is 2. The van der Waals surface area contributed by atoms with Gasteiger partial charge in [0.1, 0.15) is 0 Å². The van der Waals surface area contributed by atoms with Crippen molar-refractivity contribution in [3.8, 4) is 0 Å². The molecule has 1 N–H and O–H groups in total. The molecule has 0 aliphatic heterocycles. The fourth-order valence-corrected chi connectivity index (χ4v) is 1.99. The van der Waals surface area contributed by atoms with Crippen LogP contribution < -0.4 is 0 Å². The van der Waals surface area contributed by atoms with Gasteiger partial charge < -0.3 is 9.67 Å². The molecule has 3 nitrogen and oxygen atoms in total. The Morgan fingerprint density at radius 3 is 2.87 bits per heavy atom. The van der Waals surface area contributed by atoms with Crippen molar-refractivity contribution in [2.75, 3.05) is 0 Å². The Labute approximate surface area is 96.5 Å². The van der Waals surface area contributed by atoms with Crippen molar-refractivity contribution in [2.45, 2.75) is 12.6 Å². The van der Waals surface area contributed by atoms with E-state index in [2.05, 4.69) is 20.9 Å². The first-order valence-electron chi connectivity index (χ1n) is 4.65. The lowest BCUT2D eigenvalue weighted by molar-refractivity contribution is 0.155. The molecule has 78 valence electrons. The van der Waals surface area contributed by atoms with Gasteiger partial charge in [0, 0.05) is 16.9 Å². The maximum atomic E-state index is 9.99. The second-order valence-corrected chi connectivity index (χ2v) is 4.15. The molecule has 2 aromatic rings. The van der Waals surface area contributed by atoms with E-state index in [1.165, 1.54) is 0 Å². The lowest BCUT2D eigenvalue weighted by atomic mass is 10.1. The lowest BCUT2D eigenvalue weighted by Gasteiger charge is -2.13. The van der Waals surface area contributed by atoms with Crippen LogP contribution in [-0.4, -0.2) is 14.7 Å². The average Bonchev–Trinajstić information content (AvgIpc) is 2.71. The van der Waals surface area contributed by atoms with E-state index in [0.717, 1.165) is 10.0 Å². The molecule has 0 fully saturated rings. The minimum atomic E-state index is -0.519. The minimum Gasteiger partial charge on any atom is -0.386 e. The minimum absolute atomic E-state index is 0.516. The van der Waals surface area contributed by atoms with E-state index < -0.39 is 6.10 Å². The summed E-state index contributed by atoms with van der Waals surface area (Å²) >= 11 is 3.42. The first kappa shape index (κ1) is 10.4. The largest absolute Gasteiger partial charge is 0.386 e. The van der Waals surface area contributed by atoms with Crippen LogP contribution in [0.5, 0.6) is 0 Å². The zero-order chi connectivity index (χ0) is 10.7. The number of aliphatic hydroxyl groups excluding tert-OH is 1. The van der Waals surface area contributed by atoms with Gasteiger partial charge in [-0.25, -0.2) is 4.98 Å². The first-order valence-corrected chi connectivity index (χ1v) is 5.45. The number of aliphatic hydroxyl groups is 1. The summed E-state index contributed by atoms with van der Waals surface area (Å²) in [6, 6.07) is 7.67. The molecule has 0 aliphatic rings. The SMILES string of the molecule is OC(Cn1ccnc1)c1ccccc1Br. The molecule has 0 saturated carbocycles. The molecular formula is C11H11BrN2O. The van der Waals surface area contributed by atoms with Gasteiger partial charge in [-0.15, -0.1) is 0 Å². The summed E-state index contributed by atoms with van der Waals surface area (Å²) in [7, 11) is 0. The molecule has 1 aromatic carbocycles. The van der Waals surface area contributed by atoms with E-state index in [1.807, 2.05) is 35.0 Å². The smallest absolute Gasteiger partial charge is 0.0980 e. The van der Waals surface area contributed by atoms with Gasteiger partial charge in [-0.2, -0.15) is 0 Å². The van der Waals surface area contributed by atoms with Crippen LogP contribution in [0.2, 0.25) is 0 Å². The zero-order valence-electron chi connectivity index (χ0n) is 8.05. The Morgan fingerprint density at radius 1 is 1.40 bits per heavy atom. The first-order chi connectivity index (χ1) is 7.27. The second-order valence-electron chi connectivity index (χ2n) is 3.30. The normalized spacial score (nSPS) is 12.7. The predicted molar refractivity (Wildman–Crippen MR) is 61.3 cm³/mol. The Kier molecular flexibility index (Phi) is 3.18. The molecule has 1 aromatic heterocycles. The van der Waals surface area contributed by atoms with Gasteiger partial charge in [-0.1, -0.05) is 34.1 Å². The van der Waals surface area contributed by atoms with Gasteiger partial charge in [0.15, 0.2) is 0 Å². The summed E-state index contributed by atoms with van der Waals surface area (Å²) in [5.41, 5.74) is 0.895. The van der Waals surface area contributed by atoms with Gasteiger partial charge in [0.25, 0.3) is 0 Å². The Bertz CT molecular complexity index is 428. The van der Waals surface area contributed by atoms with Gasteiger partial charge in [-0.05, 0) is 11.6 Å². The number of halogens is 1. The quantitative estimate of drug-likeness (QED) is 0.927. The van der Waals surface area contributed by atoms with Gasteiger partial charge in [-0.3, -0.25) is 0 Å². The highest BCUT2D eigenvalue weighted by atomic mass is 79.9. The van der Waals surface area contributed by atoms with Crippen LogP contribution in [0, 0.1) is 0 Å². The Balaban J connectivity index is 2.15. The van der Waals surface area contributed by atoms with Gasteiger partial charge in [0.2, 0.25) is 0 Å². The van der Waals surface area contributed by atoms with Crippen molar-refractivity contribution < 1.29 is 5.11 Å². The van der Waals surface area contributed by atoms with Crippen LogP contribution in [0.25, 0.3) is 0 Å². The molecule has 0 aliphatic carbocycles. The number of nitrogens with zero attached hydrogens (tertiary/aromatic N) is 2. The van der Waals surface area contributed by atoms with Crippen molar-refractivity contribution in [1.82, 2.24) is 9.55 Å². The molecule has 2 rings (SSSR count). The monoisotopic (exact) mass is 266 g/mol. The van der Waals surface area contributed by atoms with Gasteiger partial charge in [0.05, 0.1) is 19.0 Å². The van der Waals surface area contributed by atoms with Gasteiger partial charge >= 0.3 is 0 Å². The second kappa shape index (κ2) is 4.59. The molecule has 0 bridgehead atoms. The summed E-state index contributed by atoms with van der Waals surface area (Å²) < 4.78 is 2.78. The Hall–Kier alpha value is -1.13. The van der Waals surface area contributed by atoms with Crippen molar-refractivity contribution in [3.63, 3.8) is 0 Å². The van der Waals surface area contributed by atoms with Crippen LogP contribution in [0.15, 0.2) is 47.5 Å². The fraction of sp³-hybridized carbons (Fsp3) is 0.182. The molecule has 0 radical (unpaired) electrons. The fourth-order valence-electron chi connectivity index (χ4n) is 1.44. The van der Waals surface area contributed by atoms with Crippen LogP contribution in [0.1, 0.15) is 11.7 Å². The van der Waals surface area contributed by atoms with Crippen molar-refractivity contribution in [2.24, 2.45) is 0 Å². The zero-order valence-corrected chi connectivity index (χ0v) is 9.63. The highest BCUT2D eigenvalue weighted by molar-refractivity contribution is 9.10. The van der Waals surface area contributed by atoms with Crippen LogP contribution in [-0.2, 0) is 6.54 Å². The molecule has 15 heavy (non-hydrogen) atoms. The van der Waals surface area contributed by atoms with E-state index in [-0.39, 0.29) is 0 Å². The number of rotatable bonds is 3. The molecule has 0 spiro atoms. The van der Waals surface area contributed by atoms with Crippen LogP contribution in [0.4, 0.5) is 0 Å².